The molecule has 3 rings (SSSR count). The van der Waals surface area contributed by atoms with Crippen LogP contribution in [-0.4, -0.2) is 26.7 Å². The SMILES string of the molecule is NC(=NO)c1cnn2cc(N)cc2c1NC1CCCCC1. The van der Waals surface area contributed by atoms with Crippen LogP contribution in [0.5, 0.6) is 0 Å². The summed E-state index contributed by atoms with van der Waals surface area (Å²) in [6, 6.07) is 2.23. The van der Waals surface area contributed by atoms with Crippen LogP contribution >= 0.6 is 0 Å². The van der Waals surface area contributed by atoms with Gasteiger partial charge >= 0.3 is 0 Å². The summed E-state index contributed by atoms with van der Waals surface area (Å²) in [5, 5.41) is 19.9. The van der Waals surface area contributed by atoms with Crippen molar-refractivity contribution < 1.29 is 5.21 Å². The van der Waals surface area contributed by atoms with Gasteiger partial charge in [-0.3, -0.25) is 0 Å². The van der Waals surface area contributed by atoms with Gasteiger partial charge in [0.1, 0.15) is 0 Å². The van der Waals surface area contributed by atoms with E-state index in [9.17, 15) is 0 Å². The third-order valence-corrected chi connectivity index (χ3v) is 4.00. The molecule has 7 nitrogen and oxygen atoms in total. The molecule has 0 unspecified atom stereocenters. The van der Waals surface area contributed by atoms with Crippen molar-refractivity contribution in [1.82, 2.24) is 9.61 Å². The quantitative estimate of drug-likeness (QED) is 0.297. The topological polar surface area (TPSA) is 114 Å². The lowest BCUT2D eigenvalue weighted by Crippen LogP contribution is -2.25. The van der Waals surface area contributed by atoms with E-state index in [2.05, 4.69) is 15.6 Å². The molecule has 0 radical (unpaired) electrons. The van der Waals surface area contributed by atoms with Gasteiger partial charge in [0, 0.05) is 6.04 Å². The van der Waals surface area contributed by atoms with Gasteiger partial charge in [0.15, 0.2) is 5.84 Å². The summed E-state index contributed by atoms with van der Waals surface area (Å²) in [4.78, 5) is 0. The predicted octanol–water partition coefficient (Wildman–Crippen LogP) is 1.76. The van der Waals surface area contributed by atoms with E-state index in [1.54, 1.807) is 16.9 Å². The lowest BCUT2D eigenvalue weighted by Gasteiger charge is -2.25. The van der Waals surface area contributed by atoms with Gasteiger partial charge in [-0.05, 0) is 18.9 Å². The van der Waals surface area contributed by atoms with Crippen LogP contribution in [0, 0.1) is 0 Å². The van der Waals surface area contributed by atoms with Gasteiger partial charge < -0.3 is 22.0 Å². The van der Waals surface area contributed by atoms with E-state index in [1.165, 1.54) is 19.3 Å². The van der Waals surface area contributed by atoms with E-state index < -0.39 is 0 Å². The lowest BCUT2D eigenvalue weighted by atomic mass is 9.95. The van der Waals surface area contributed by atoms with Crippen LogP contribution in [0.25, 0.3) is 5.52 Å². The van der Waals surface area contributed by atoms with E-state index in [-0.39, 0.29) is 5.84 Å². The second kappa shape index (κ2) is 5.51. The van der Waals surface area contributed by atoms with Crippen molar-refractivity contribution >= 4 is 22.7 Å². The summed E-state index contributed by atoms with van der Waals surface area (Å²) in [5.41, 5.74) is 14.5. The number of hydrogen-bond acceptors (Lipinski definition) is 5. The number of oxime groups is 1. The molecule has 2 aromatic heterocycles. The number of nitrogen functional groups attached to an aromatic ring is 1. The highest BCUT2D eigenvalue weighted by Gasteiger charge is 2.19. The number of rotatable bonds is 3. The zero-order valence-corrected chi connectivity index (χ0v) is 11.8. The fourth-order valence-corrected chi connectivity index (χ4v) is 2.93. The molecule has 0 aromatic carbocycles. The van der Waals surface area contributed by atoms with Crippen molar-refractivity contribution in [1.29, 1.82) is 0 Å². The molecule has 1 aliphatic carbocycles. The molecule has 1 fully saturated rings. The van der Waals surface area contributed by atoms with Crippen LogP contribution in [0.4, 0.5) is 11.4 Å². The molecule has 1 saturated carbocycles. The Morgan fingerprint density at radius 3 is 2.86 bits per heavy atom. The van der Waals surface area contributed by atoms with E-state index >= 15 is 0 Å². The Morgan fingerprint density at radius 1 is 1.38 bits per heavy atom. The van der Waals surface area contributed by atoms with Crippen molar-refractivity contribution in [3.8, 4) is 0 Å². The van der Waals surface area contributed by atoms with Crippen molar-refractivity contribution in [2.45, 2.75) is 38.1 Å². The Hall–Kier alpha value is -2.44. The van der Waals surface area contributed by atoms with Gasteiger partial charge in [-0.1, -0.05) is 24.4 Å². The van der Waals surface area contributed by atoms with Gasteiger partial charge in [-0.2, -0.15) is 5.10 Å². The van der Waals surface area contributed by atoms with E-state index in [0.717, 1.165) is 24.0 Å². The third-order valence-electron chi connectivity index (χ3n) is 4.00. The molecule has 112 valence electrons. The zero-order chi connectivity index (χ0) is 14.8. The molecule has 0 spiro atoms. The molecule has 0 saturated heterocycles. The molecule has 0 bridgehead atoms. The third kappa shape index (κ3) is 2.58. The molecule has 0 aliphatic heterocycles. The Morgan fingerprint density at radius 2 is 2.14 bits per heavy atom. The predicted molar refractivity (Wildman–Crippen MR) is 82.6 cm³/mol. The first kappa shape index (κ1) is 13.5. The molecular weight excluding hydrogens is 268 g/mol. The number of nitrogens with two attached hydrogens (primary N) is 2. The minimum absolute atomic E-state index is 0.0445. The van der Waals surface area contributed by atoms with Crippen molar-refractivity contribution in [3.05, 3.63) is 24.0 Å². The fourth-order valence-electron chi connectivity index (χ4n) is 2.93. The molecular formula is C14H20N6O. The van der Waals surface area contributed by atoms with Crippen LogP contribution in [0.2, 0.25) is 0 Å². The number of anilines is 2. The minimum atomic E-state index is 0.0445. The molecule has 1 aliphatic rings. The maximum atomic E-state index is 8.97. The smallest absolute Gasteiger partial charge is 0.173 e. The maximum Gasteiger partial charge on any atom is 0.173 e. The highest BCUT2D eigenvalue weighted by Crippen LogP contribution is 2.28. The summed E-state index contributed by atoms with van der Waals surface area (Å²) < 4.78 is 1.70. The van der Waals surface area contributed by atoms with Crippen LogP contribution in [0.3, 0.4) is 0 Å². The average Bonchev–Trinajstić information content (AvgIpc) is 2.89. The molecule has 0 amide bonds. The Bertz CT molecular complexity index is 671. The monoisotopic (exact) mass is 288 g/mol. The highest BCUT2D eigenvalue weighted by molar-refractivity contribution is 6.05. The summed E-state index contributed by atoms with van der Waals surface area (Å²) in [5.74, 6) is 0.0445. The van der Waals surface area contributed by atoms with Crippen LogP contribution < -0.4 is 16.8 Å². The van der Waals surface area contributed by atoms with Crippen LogP contribution in [0.15, 0.2) is 23.6 Å². The Balaban J connectivity index is 2.06. The summed E-state index contributed by atoms with van der Waals surface area (Å²) >= 11 is 0. The van der Waals surface area contributed by atoms with Gasteiger partial charge in [0.2, 0.25) is 0 Å². The van der Waals surface area contributed by atoms with E-state index in [1.807, 2.05) is 6.07 Å². The molecule has 21 heavy (non-hydrogen) atoms. The second-order valence-electron chi connectivity index (χ2n) is 5.50. The Kier molecular flexibility index (Phi) is 3.55. The van der Waals surface area contributed by atoms with Gasteiger partial charge in [0.25, 0.3) is 0 Å². The van der Waals surface area contributed by atoms with Gasteiger partial charge in [-0.15, -0.1) is 0 Å². The normalized spacial score (nSPS) is 17.2. The molecule has 7 heteroatoms. The Labute approximate surface area is 122 Å². The number of fused-ring (bicyclic) bond motifs is 1. The number of nitrogens with zero attached hydrogens (tertiary/aromatic N) is 3. The minimum Gasteiger partial charge on any atom is -0.409 e. The number of aromatic nitrogens is 2. The fraction of sp³-hybridized carbons (Fsp3) is 0.429. The first-order valence-electron chi connectivity index (χ1n) is 7.20. The van der Waals surface area contributed by atoms with Crippen molar-refractivity contribution in [3.63, 3.8) is 0 Å². The zero-order valence-electron chi connectivity index (χ0n) is 11.8. The summed E-state index contributed by atoms with van der Waals surface area (Å²) in [6.45, 7) is 0. The number of nitrogens with one attached hydrogen (secondary N) is 1. The molecule has 2 aromatic rings. The first-order valence-corrected chi connectivity index (χ1v) is 7.20. The lowest BCUT2D eigenvalue weighted by molar-refractivity contribution is 0.318. The van der Waals surface area contributed by atoms with Gasteiger partial charge in [0.05, 0.1) is 34.8 Å². The molecule has 6 N–H and O–H groups in total. The van der Waals surface area contributed by atoms with E-state index in [4.69, 9.17) is 16.7 Å². The van der Waals surface area contributed by atoms with Crippen molar-refractivity contribution in [2.24, 2.45) is 10.9 Å². The second-order valence-corrected chi connectivity index (χ2v) is 5.50. The van der Waals surface area contributed by atoms with Gasteiger partial charge in [-0.25, -0.2) is 4.52 Å². The average molecular weight is 288 g/mol. The largest absolute Gasteiger partial charge is 0.409 e. The highest BCUT2D eigenvalue weighted by atomic mass is 16.4. The van der Waals surface area contributed by atoms with E-state index in [0.29, 0.717) is 17.3 Å². The summed E-state index contributed by atoms with van der Waals surface area (Å²) in [6.07, 6.45) is 9.32. The van der Waals surface area contributed by atoms with Crippen LogP contribution in [-0.2, 0) is 0 Å². The van der Waals surface area contributed by atoms with Crippen LogP contribution in [0.1, 0.15) is 37.7 Å². The number of hydrogen-bond donors (Lipinski definition) is 4. The molecule has 0 atom stereocenters. The molecule has 2 heterocycles. The summed E-state index contributed by atoms with van der Waals surface area (Å²) in [7, 11) is 0. The van der Waals surface area contributed by atoms with Crippen molar-refractivity contribution in [2.75, 3.05) is 11.1 Å². The first-order chi connectivity index (χ1) is 10.2. The number of amidine groups is 1. The maximum absolute atomic E-state index is 8.97. The standard InChI is InChI=1S/C14H20N6O/c15-9-6-12-13(18-10-4-2-1-3-5-10)11(14(16)19-21)7-17-20(12)8-9/h6-8,10,18,21H,1-5,15H2,(H2,16,19).